The van der Waals surface area contributed by atoms with Gasteiger partial charge in [0.05, 0.1) is 12.7 Å². The summed E-state index contributed by atoms with van der Waals surface area (Å²) >= 11 is 0. The van der Waals surface area contributed by atoms with Gasteiger partial charge in [0.15, 0.2) is 5.96 Å². The van der Waals surface area contributed by atoms with Gasteiger partial charge in [-0.25, -0.2) is 0 Å². The van der Waals surface area contributed by atoms with Gasteiger partial charge in [0, 0.05) is 44.8 Å². The smallest absolute Gasteiger partial charge is 0.193 e. The van der Waals surface area contributed by atoms with Gasteiger partial charge in [0.25, 0.3) is 0 Å². The van der Waals surface area contributed by atoms with Crippen molar-refractivity contribution in [2.45, 2.75) is 64.4 Å². The number of rotatable bonds is 6. The first kappa shape index (κ1) is 21.2. The van der Waals surface area contributed by atoms with Gasteiger partial charge in [0.2, 0.25) is 0 Å². The van der Waals surface area contributed by atoms with E-state index in [1.54, 1.807) is 0 Å². The normalized spacial score (nSPS) is 27.7. The second-order valence-electron chi connectivity index (χ2n) is 7.69. The molecule has 5 nitrogen and oxygen atoms in total. The zero-order valence-corrected chi connectivity index (χ0v) is 18.1. The second-order valence-corrected chi connectivity index (χ2v) is 7.69. The zero-order valence-electron chi connectivity index (χ0n) is 15.8. The number of nitrogens with zero attached hydrogens (tertiary/aromatic N) is 2. The number of likely N-dealkylation sites (tertiary alicyclic amines) is 1. The van der Waals surface area contributed by atoms with Crippen molar-refractivity contribution in [1.82, 2.24) is 10.2 Å². The van der Waals surface area contributed by atoms with Crippen LogP contribution in [0.15, 0.2) is 4.99 Å². The van der Waals surface area contributed by atoms with Crippen molar-refractivity contribution in [1.29, 1.82) is 0 Å². The van der Waals surface area contributed by atoms with E-state index in [1.165, 1.54) is 44.9 Å². The summed E-state index contributed by atoms with van der Waals surface area (Å²) in [4.78, 5) is 7.27. The molecule has 2 heterocycles. The average Bonchev–Trinajstić information content (AvgIpc) is 3.25. The van der Waals surface area contributed by atoms with Crippen LogP contribution in [0.25, 0.3) is 0 Å². The van der Waals surface area contributed by atoms with Crippen LogP contribution >= 0.6 is 24.0 Å². The molecular formula is C19H36IN3O2. The lowest BCUT2D eigenvalue weighted by molar-refractivity contribution is 0.0281. The Morgan fingerprint density at radius 1 is 1.28 bits per heavy atom. The lowest BCUT2D eigenvalue weighted by Crippen LogP contribution is -2.41. The molecule has 146 valence electrons. The zero-order chi connectivity index (χ0) is 16.7. The quantitative estimate of drug-likeness (QED) is 0.283. The van der Waals surface area contributed by atoms with Gasteiger partial charge >= 0.3 is 0 Å². The van der Waals surface area contributed by atoms with Crippen molar-refractivity contribution >= 4 is 29.9 Å². The number of ether oxygens (including phenoxy) is 2. The van der Waals surface area contributed by atoms with Crippen molar-refractivity contribution in [3.8, 4) is 0 Å². The van der Waals surface area contributed by atoms with Crippen LogP contribution in [0.1, 0.15) is 58.3 Å². The minimum atomic E-state index is 0. The van der Waals surface area contributed by atoms with E-state index in [1.807, 2.05) is 0 Å². The molecule has 0 aromatic carbocycles. The van der Waals surface area contributed by atoms with Gasteiger partial charge in [-0.1, -0.05) is 19.3 Å². The summed E-state index contributed by atoms with van der Waals surface area (Å²) in [5.41, 5.74) is 0.389. The molecule has 0 aromatic heterocycles. The van der Waals surface area contributed by atoms with Gasteiger partial charge < -0.3 is 19.7 Å². The Morgan fingerprint density at radius 3 is 2.84 bits per heavy atom. The van der Waals surface area contributed by atoms with Crippen LogP contribution in [-0.2, 0) is 9.47 Å². The molecule has 25 heavy (non-hydrogen) atoms. The first-order valence-corrected chi connectivity index (χ1v) is 10.0. The van der Waals surface area contributed by atoms with Gasteiger partial charge in [-0.15, -0.1) is 24.0 Å². The van der Waals surface area contributed by atoms with Gasteiger partial charge in [-0.05, 0) is 39.0 Å². The summed E-state index contributed by atoms with van der Waals surface area (Å²) in [6, 6.07) is 0. The third-order valence-corrected chi connectivity index (χ3v) is 5.73. The molecule has 3 aliphatic rings. The first-order valence-electron chi connectivity index (χ1n) is 10.0. The molecule has 2 saturated heterocycles. The number of halogens is 1. The van der Waals surface area contributed by atoms with Crippen LogP contribution in [0.2, 0.25) is 0 Å². The van der Waals surface area contributed by atoms with E-state index in [2.05, 4.69) is 17.1 Å². The van der Waals surface area contributed by atoms with Crippen molar-refractivity contribution in [3.05, 3.63) is 0 Å². The third kappa shape index (κ3) is 6.24. The maximum absolute atomic E-state index is 6.01. The Balaban J connectivity index is 0.00000225. The fourth-order valence-corrected chi connectivity index (χ4v) is 4.24. The third-order valence-electron chi connectivity index (χ3n) is 5.73. The van der Waals surface area contributed by atoms with E-state index in [9.17, 15) is 0 Å². The standard InChI is InChI=1S/C19H35N3O2.HI/c1-2-20-18(22-12-9-19(15-22)10-14-23-16-19)21-11-6-13-24-17-7-4-3-5-8-17;/h17H,2-16H2,1H3,(H,20,21);1H. The van der Waals surface area contributed by atoms with E-state index in [0.717, 1.165) is 58.4 Å². The average molecular weight is 465 g/mol. The van der Waals surface area contributed by atoms with Crippen LogP contribution < -0.4 is 5.32 Å². The van der Waals surface area contributed by atoms with Crippen molar-refractivity contribution in [2.24, 2.45) is 10.4 Å². The van der Waals surface area contributed by atoms with Gasteiger partial charge in [0.1, 0.15) is 0 Å². The molecule has 1 atom stereocenters. The van der Waals surface area contributed by atoms with E-state index in [0.29, 0.717) is 11.5 Å². The number of hydrogen-bond donors (Lipinski definition) is 1. The number of hydrogen-bond acceptors (Lipinski definition) is 3. The molecule has 1 aliphatic carbocycles. The summed E-state index contributed by atoms with van der Waals surface area (Å²) in [6.07, 6.45) is 10.6. The van der Waals surface area contributed by atoms with E-state index >= 15 is 0 Å². The molecule has 6 heteroatoms. The molecule has 3 fully saturated rings. The van der Waals surface area contributed by atoms with Crippen LogP contribution in [0.5, 0.6) is 0 Å². The molecule has 1 N–H and O–H groups in total. The Labute approximate surface area is 170 Å². The predicted molar refractivity (Wildman–Crippen MR) is 113 cm³/mol. The Kier molecular flexibility index (Phi) is 9.27. The van der Waals surface area contributed by atoms with Crippen LogP contribution in [-0.4, -0.2) is 63.0 Å². The SMILES string of the molecule is CCNC(=NCCCOC1CCCCC1)N1CCC2(CCOC2)C1.I. The minimum Gasteiger partial charge on any atom is -0.381 e. The minimum absolute atomic E-state index is 0. The number of aliphatic imine (C=N–C) groups is 1. The Bertz CT molecular complexity index is 407. The van der Waals surface area contributed by atoms with Crippen molar-refractivity contribution in [3.63, 3.8) is 0 Å². The molecule has 1 unspecified atom stereocenters. The lowest BCUT2D eigenvalue weighted by atomic mass is 9.87. The molecule has 0 amide bonds. The molecular weight excluding hydrogens is 429 g/mol. The highest BCUT2D eigenvalue weighted by Gasteiger charge is 2.42. The summed E-state index contributed by atoms with van der Waals surface area (Å²) in [5.74, 6) is 1.08. The second kappa shape index (κ2) is 10.9. The summed E-state index contributed by atoms with van der Waals surface area (Å²) < 4.78 is 11.6. The summed E-state index contributed by atoms with van der Waals surface area (Å²) in [6.45, 7) is 8.84. The maximum Gasteiger partial charge on any atom is 0.193 e. The van der Waals surface area contributed by atoms with E-state index < -0.39 is 0 Å². The molecule has 0 aromatic rings. The van der Waals surface area contributed by atoms with Crippen LogP contribution in [0.3, 0.4) is 0 Å². The highest BCUT2D eigenvalue weighted by atomic mass is 127. The Hall–Kier alpha value is -0.0800. The van der Waals surface area contributed by atoms with E-state index in [-0.39, 0.29) is 24.0 Å². The van der Waals surface area contributed by atoms with E-state index in [4.69, 9.17) is 14.5 Å². The highest BCUT2D eigenvalue weighted by molar-refractivity contribution is 14.0. The topological polar surface area (TPSA) is 46.1 Å². The molecule has 3 rings (SSSR count). The molecule has 1 saturated carbocycles. The predicted octanol–water partition coefficient (Wildman–Crippen LogP) is 3.42. The molecule has 0 bridgehead atoms. The number of guanidine groups is 1. The summed E-state index contributed by atoms with van der Waals surface area (Å²) in [5, 5.41) is 3.47. The fraction of sp³-hybridized carbons (Fsp3) is 0.947. The largest absolute Gasteiger partial charge is 0.381 e. The lowest BCUT2D eigenvalue weighted by Gasteiger charge is -2.25. The molecule has 0 radical (unpaired) electrons. The summed E-state index contributed by atoms with van der Waals surface area (Å²) in [7, 11) is 0. The molecule has 2 aliphatic heterocycles. The number of nitrogens with one attached hydrogen (secondary N) is 1. The monoisotopic (exact) mass is 465 g/mol. The Morgan fingerprint density at radius 2 is 2.12 bits per heavy atom. The van der Waals surface area contributed by atoms with Gasteiger partial charge in [-0.3, -0.25) is 4.99 Å². The highest BCUT2D eigenvalue weighted by Crippen LogP contribution is 2.38. The van der Waals surface area contributed by atoms with Crippen LogP contribution in [0, 0.1) is 5.41 Å². The fourth-order valence-electron chi connectivity index (χ4n) is 4.24. The van der Waals surface area contributed by atoms with Crippen LogP contribution in [0.4, 0.5) is 0 Å². The maximum atomic E-state index is 6.01. The van der Waals surface area contributed by atoms with Crippen molar-refractivity contribution in [2.75, 3.05) is 46.0 Å². The molecule has 1 spiro atoms. The van der Waals surface area contributed by atoms with Gasteiger partial charge in [-0.2, -0.15) is 0 Å². The first-order chi connectivity index (χ1) is 11.8. The van der Waals surface area contributed by atoms with Crippen molar-refractivity contribution < 1.29 is 9.47 Å².